The molecule has 0 aliphatic heterocycles. The van der Waals surface area contributed by atoms with Gasteiger partial charge in [0.2, 0.25) is 0 Å². The summed E-state index contributed by atoms with van der Waals surface area (Å²) in [4.78, 5) is 4.15. The van der Waals surface area contributed by atoms with Crippen molar-refractivity contribution in [1.82, 2.24) is 10.6 Å². The Morgan fingerprint density at radius 3 is 2.62 bits per heavy atom. The summed E-state index contributed by atoms with van der Waals surface area (Å²) in [6.07, 6.45) is 2.31. The van der Waals surface area contributed by atoms with Crippen LogP contribution in [-0.2, 0) is 5.75 Å². The summed E-state index contributed by atoms with van der Waals surface area (Å²) in [7, 11) is 1.77. The fraction of sp³-hybridized carbons (Fsp3) is 0.533. The van der Waals surface area contributed by atoms with Crippen LogP contribution in [0, 0.1) is 5.82 Å². The average molecular weight is 425 g/mol. The molecule has 0 spiro atoms. The highest BCUT2D eigenvalue weighted by Gasteiger charge is 2.00. The highest BCUT2D eigenvalue weighted by atomic mass is 127. The molecule has 0 radical (unpaired) electrons. The molecule has 0 aliphatic rings. The minimum atomic E-state index is -0.120. The van der Waals surface area contributed by atoms with Crippen LogP contribution in [0.4, 0.5) is 4.39 Å². The first-order valence-electron chi connectivity index (χ1n) is 7.03. The van der Waals surface area contributed by atoms with Crippen molar-refractivity contribution in [1.29, 1.82) is 0 Å². The molecule has 0 unspecified atom stereocenters. The molecule has 0 saturated heterocycles. The van der Waals surface area contributed by atoms with Crippen molar-refractivity contribution in [3.8, 4) is 0 Å². The lowest BCUT2D eigenvalue weighted by Crippen LogP contribution is -2.38. The van der Waals surface area contributed by atoms with E-state index in [-0.39, 0.29) is 29.8 Å². The van der Waals surface area contributed by atoms with Gasteiger partial charge in [-0.05, 0) is 18.1 Å². The van der Waals surface area contributed by atoms with Crippen LogP contribution in [0.15, 0.2) is 29.3 Å². The third-order valence-electron chi connectivity index (χ3n) is 2.80. The summed E-state index contributed by atoms with van der Waals surface area (Å²) in [6, 6.07) is 6.93. The molecule has 1 aromatic carbocycles. The Morgan fingerprint density at radius 2 is 1.95 bits per heavy atom. The summed E-state index contributed by atoms with van der Waals surface area (Å²) in [5, 5.41) is 6.51. The SMILES string of the molecule is CCCCNC(=NC)NCCSCc1ccccc1F.I. The monoisotopic (exact) mass is 425 g/mol. The zero-order chi connectivity index (χ0) is 14.6. The predicted octanol–water partition coefficient (Wildman–Crippen LogP) is 3.64. The Balaban J connectivity index is 0.00000400. The van der Waals surface area contributed by atoms with Crippen molar-refractivity contribution < 1.29 is 4.39 Å². The van der Waals surface area contributed by atoms with Crippen LogP contribution in [0.3, 0.4) is 0 Å². The van der Waals surface area contributed by atoms with E-state index in [0.717, 1.165) is 36.8 Å². The maximum atomic E-state index is 13.4. The second-order valence-corrected chi connectivity index (χ2v) is 5.53. The van der Waals surface area contributed by atoms with E-state index in [2.05, 4.69) is 22.5 Å². The molecule has 1 rings (SSSR count). The Hall–Kier alpha value is -0.500. The Kier molecular flexibility index (Phi) is 12.9. The molecule has 6 heteroatoms. The molecule has 21 heavy (non-hydrogen) atoms. The van der Waals surface area contributed by atoms with Crippen molar-refractivity contribution in [3.05, 3.63) is 35.6 Å². The quantitative estimate of drug-likeness (QED) is 0.289. The maximum Gasteiger partial charge on any atom is 0.191 e. The van der Waals surface area contributed by atoms with Crippen molar-refractivity contribution in [2.75, 3.05) is 25.9 Å². The topological polar surface area (TPSA) is 36.4 Å². The standard InChI is InChI=1S/C15H24FN3S.HI/c1-3-4-9-18-15(17-2)19-10-11-20-12-13-7-5-6-8-14(13)16;/h5-8H,3-4,9-12H2,1-2H3,(H2,17,18,19);1H. The molecule has 0 aliphatic carbocycles. The number of hydrogen-bond donors (Lipinski definition) is 2. The molecule has 0 amide bonds. The predicted molar refractivity (Wildman–Crippen MR) is 102 cm³/mol. The van der Waals surface area contributed by atoms with Crippen molar-refractivity contribution in [2.45, 2.75) is 25.5 Å². The van der Waals surface area contributed by atoms with Crippen LogP contribution >= 0.6 is 35.7 Å². The van der Waals surface area contributed by atoms with Gasteiger partial charge >= 0.3 is 0 Å². The number of aliphatic imine (C=N–C) groups is 1. The smallest absolute Gasteiger partial charge is 0.191 e. The Bertz CT molecular complexity index is 416. The van der Waals surface area contributed by atoms with Gasteiger partial charge in [-0.1, -0.05) is 31.5 Å². The summed E-state index contributed by atoms with van der Waals surface area (Å²) in [6.45, 7) is 3.93. The number of halogens is 2. The number of thioether (sulfide) groups is 1. The van der Waals surface area contributed by atoms with E-state index in [1.54, 1.807) is 24.9 Å². The van der Waals surface area contributed by atoms with Crippen LogP contribution in [-0.4, -0.2) is 31.8 Å². The first-order chi connectivity index (χ1) is 9.77. The van der Waals surface area contributed by atoms with Gasteiger partial charge in [0.05, 0.1) is 0 Å². The van der Waals surface area contributed by atoms with Gasteiger partial charge in [0.15, 0.2) is 5.96 Å². The molecule has 0 fully saturated rings. The van der Waals surface area contributed by atoms with Gasteiger partial charge in [-0.3, -0.25) is 4.99 Å². The minimum absolute atomic E-state index is 0. The second-order valence-electron chi connectivity index (χ2n) is 4.42. The van der Waals surface area contributed by atoms with E-state index in [1.807, 2.05) is 12.1 Å². The Labute approximate surface area is 148 Å². The number of rotatable bonds is 8. The van der Waals surface area contributed by atoms with Crippen LogP contribution in [0.5, 0.6) is 0 Å². The molecule has 2 N–H and O–H groups in total. The molecular formula is C15H25FIN3S. The number of unbranched alkanes of at least 4 members (excludes halogenated alkanes) is 1. The normalized spacial score (nSPS) is 10.9. The maximum absolute atomic E-state index is 13.4. The van der Waals surface area contributed by atoms with Gasteiger partial charge in [-0.15, -0.1) is 24.0 Å². The van der Waals surface area contributed by atoms with E-state index in [1.165, 1.54) is 12.5 Å². The third-order valence-corrected chi connectivity index (χ3v) is 3.81. The van der Waals surface area contributed by atoms with E-state index in [0.29, 0.717) is 5.75 Å². The lowest BCUT2D eigenvalue weighted by molar-refractivity contribution is 0.617. The molecule has 1 aromatic rings. The van der Waals surface area contributed by atoms with Crippen LogP contribution in [0.2, 0.25) is 0 Å². The fourth-order valence-electron chi connectivity index (χ4n) is 1.64. The molecule has 0 saturated carbocycles. The fourth-order valence-corrected chi connectivity index (χ4v) is 2.49. The number of nitrogens with zero attached hydrogens (tertiary/aromatic N) is 1. The van der Waals surface area contributed by atoms with Crippen LogP contribution in [0.25, 0.3) is 0 Å². The third kappa shape index (κ3) is 9.18. The minimum Gasteiger partial charge on any atom is -0.356 e. The lowest BCUT2D eigenvalue weighted by Gasteiger charge is -2.11. The zero-order valence-electron chi connectivity index (χ0n) is 12.7. The number of guanidine groups is 1. The zero-order valence-corrected chi connectivity index (χ0v) is 15.8. The van der Waals surface area contributed by atoms with Crippen molar-refractivity contribution >= 4 is 41.7 Å². The Morgan fingerprint density at radius 1 is 1.24 bits per heavy atom. The molecule has 0 heterocycles. The first kappa shape index (κ1) is 20.5. The number of hydrogen-bond acceptors (Lipinski definition) is 2. The van der Waals surface area contributed by atoms with Gasteiger partial charge in [-0.2, -0.15) is 11.8 Å². The average Bonchev–Trinajstić information content (AvgIpc) is 2.47. The van der Waals surface area contributed by atoms with Crippen LogP contribution < -0.4 is 10.6 Å². The summed E-state index contributed by atoms with van der Waals surface area (Å²) >= 11 is 1.72. The molecule has 3 nitrogen and oxygen atoms in total. The van der Waals surface area contributed by atoms with Crippen molar-refractivity contribution in [2.24, 2.45) is 4.99 Å². The first-order valence-corrected chi connectivity index (χ1v) is 8.19. The summed E-state index contributed by atoms with van der Waals surface area (Å²) < 4.78 is 13.4. The second kappa shape index (κ2) is 13.2. The molecule has 0 bridgehead atoms. The highest BCUT2D eigenvalue weighted by Crippen LogP contribution is 2.14. The molecule has 0 aromatic heterocycles. The van der Waals surface area contributed by atoms with E-state index >= 15 is 0 Å². The van der Waals surface area contributed by atoms with E-state index in [9.17, 15) is 4.39 Å². The molecular weight excluding hydrogens is 400 g/mol. The largest absolute Gasteiger partial charge is 0.356 e. The molecule has 0 atom stereocenters. The summed E-state index contributed by atoms with van der Waals surface area (Å²) in [5.74, 6) is 2.34. The van der Waals surface area contributed by atoms with Crippen molar-refractivity contribution in [3.63, 3.8) is 0 Å². The van der Waals surface area contributed by atoms with Crippen LogP contribution in [0.1, 0.15) is 25.3 Å². The van der Waals surface area contributed by atoms with Gasteiger partial charge in [0, 0.05) is 31.6 Å². The van der Waals surface area contributed by atoms with E-state index < -0.39 is 0 Å². The van der Waals surface area contributed by atoms with Gasteiger partial charge < -0.3 is 10.6 Å². The summed E-state index contributed by atoms with van der Waals surface area (Å²) in [5.41, 5.74) is 0.767. The van der Waals surface area contributed by atoms with E-state index in [4.69, 9.17) is 0 Å². The number of nitrogens with one attached hydrogen (secondary N) is 2. The van der Waals surface area contributed by atoms with Gasteiger partial charge in [0.25, 0.3) is 0 Å². The highest BCUT2D eigenvalue weighted by molar-refractivity contribution is 14.0. The van der Waals surface area contributed by atoms with Gasteiger partial charge in [-0.25, -0.2) is 4.39 Å². The molecule has 120 valence electrons. The van der Waals surface area contributed by atoms with Gasteiger partial charge in [0.1, 0.15) is 5.82 Å². The number of benzene rings is 1. The lowest BCUT2D eigenvalue weighted by atomic mass is 10.2.